The van der Waals surface area contributed by atoms with E-state index in [1.165, 1.54) is 66.9 Å². The molecule has 10 aromatic rings. The van der Waals surface area contributed by atoms with Crippen molar-refractivity contribution in [2.24, 2.45) is 0 Å². The van der Waals surface area contributed by atoms with Crippen LogP contribution >= 0.6 is 0 Å². The van der Waals surface area contributed by atoms with E-state index in [-0.39, 0.29) is 0 Å². The van der Waals surface area contributed by atoms with Crippen molar-refractivity contribution in [1.82, 2.24) is 0 Å². The second-order valence-electron chi connectivity index (χ2n) is 15.2. The molecule has 0 amide bonds. The normalized spacial score (nSPS) is 11.8. The van der Waals surface area contributed by atoms with Crippen LogP contribution in [0.4, 0.5) is 17.1 Å². The van der Waals surface area contributed by atoms with Gasteiger partial charge in [-0.05, 0) is 86.8 Å². The van der Waals surface area contributed by atoms with Crippen LogP contribution in [0, 0.1) is 6.92 Å². The second kappa shape index (κ2) is 14.0. The van der Waals surface area contributed by atoms with Crippen LogP contribution < -0.4 is 4.90 Å². The molecule has 0 atom stereocenters. The maximum Gasteiger partial charge on any atom is 0.136 e. The van der Waals surface area contributed by atoms with Crippen LogP contribution in [-0.4, -0.2) is 0 Å². The molecule has 58 heavy (non-hydrogen) atoms. The van der Waals surface area contributed by atoms with Gasteiger partial charge in [-0.15, -0.1) is 0 Å². The van der Waals surface area contributed by atoms with Gasteiger partial charge >= 0.3 is 0 Å². The van der Waals surface area contributed by atoms with E-state index in [9.17, 15) is 0 Å². The fourth-order valence-electron chi connectivity index (χ4n) is 9.30. The van der Waals surface area contributed by atoms with E-state index in [1.54, 1.807) is 0 Å². The van der Waals surface area contributed by atoms with Gasteiger partial charge in [-0.1, -0.05) is 182 Å². The molecule has 0 radical (unpaired) electrons. The van der Waals surface area contributed by atoms with Gasteiger partial charge in [0.2, 0.25) is 0 Å². The van der Waals surface area contributed by atoms with Crippen LogP contribution in [0.2, 0.25) is 0 Å². The molecule has 1 heterocycles. The van der Waals surface area contributed by atoms with Crippen LogP contribution in [0.5, 0.6) is 0 Å². The molecule has 0 spiro atoms. The number of para-hydroxylation sites is 3. The SMILES string of the molecule is Cc1cccc(-c2ccccc2)c1N(c1ccccc1-c1cccc2oc3ccccc3c12)c1c2c(cc(-c3ccccc3)c1-c1ccccc1)-c1ccccc1C2. The summed E-state index contributed by atoms with van der Waals surface area (Å²) in [5, 5.41) is 2.24. The van der Waals surface area contributed by atoms with Crippen molar-refractivity contribution in [2.75, 3.05) is 4.90 Å². The summed E-state index contributed by atoms with van der Waals surface area (Å²) in [6, 6.07) is 74.8. The van der Waals surface area contributed by atoms with Gasteiger partial charge in [0, 0.05) is 33.9 Å². The number of anilines is 3. The summed E-state index contributed by atoms with van der Waals surface area (Å²) < 4.78 is 6.50. The molecule has 0 saturated carbocycles. The van der Waals surface area contributed by atoms with Gasteiger partial charge in [-0.2, -0.15) is 0 Å². The van der Waals surface area contributed by atoms with Gasteiger partial charge in [0.25, 0.3) is 0 Å². The van der Waals surface area contributed by atoms with E-state index in [0.29, 0.717) is 0 Å². The number of aryl methyl sites for hydroxylation is 1. The highest BCUT2D eigenvalue weighted by Crippen LogP contribution is 2.57. The van der Waals surface area contributed by atoms with E-state index in [1.807, 2.05) is 6.07 Å². The average molecular weight is 742 g/mol. The maximum atomic E-state index is 6.50. The molecule has 2 heteroatoms. The Labute approximate surface area is 338 Å². The van der Waals surface area contributed by atoms with E-state index in [2.05, 4.69) is 212 Å². The zero-order valence-corrected chi connectivity index (χ0v) is 32.2. The minimum absolute atomic E-state index is 0.822. The lowest BCUT2D eigenvalue weighted by molar-refractivity contribution is 0.669. The summed E-state index contributed by atoms with van der Waals surface area (Å²) in [6.07, 6.45) is 0.822. The van der Waals surface area contributed by atoms with E-state index < -0.39 is 0 Å². The first-order valence-electron chi connectivity index (χ1n) is 20.1. The Kier molecular flexibility index (Phi) is 8.15. The van der Waals surface area contributed by atoms with Gasteiger partial charge in [-0.3, -0.25) is 0 Å². The van der Waals surface area contributed by atoms with Gasteiger partial charge in [0.15, 0.2) is 0 Å². The van der Waals surface area contributed by atoms with Gasteiger partial charge in [-0.25, -0.2) is 0 Å². The first-order chi connectivity index (χ1) is 28.7. The minimum atomic E-state index is 0.822. The highest BCUT2D eigenvalue weighted by Gasteiger charge is 2.33. The van der Waals surface area contributed by atoms with Gasteiger partial charge in [0.1, 0.15) is 11.2 Å². The molecular formula is C56H39NO. The minimum Gasteiger partial charge on any atom is -0.456 e. The molecule has 0 unspecified atom stereocenters. The Hall–Kier alpha value is -7.42. The number of benzene rings is 9. The summed E-state index contributed by atoms with van der Waals surface area (Å²) >= 11 is 0. The molecular weight excluding hydrogens is 703 g/mol. The number of nitrogens with zero attached hydrogens (tertiary/aromatic N) is 1. The number of hydrogen-bond acceptors (Lipinski definition) is 2. The molecule has 2 nitrogen and oxygen atoms in total. The molecule has 0 saturated heterocycles. The van der Waals surface area contributed by atoms with Crippen LogP contribution in [-0.2, 0) is 6.42 Å². The third-order valence-electron chi connectivity index (χ3n) is 11.8. The van der Waals surface area contributed by atoms with Crippen molar-refractivity contribution in [1.29, 1.82) is 0 Å². The standard InChI is InChI=1S/C56H39NO/c1-37-19-17-30-43(38-20-5-2-6-21-38)55(37)57(50-32-15-13-28-44(50)45-31-18-34-52-54(45)46-29-14-16-33-51(46)58-52)56-49-35-41-26-11-12-27-42(41)48(49)36-47(39-22-7-3-8-23-39)53(56)40-24-9-4-10-25-40/h2-34,36H,35H2,1H3. The van der Waals surface area contributed by atoms with E-state index in [4.69, 9.17) is 4.42 Å². The molecule has 1 aliphatic rings. The van der Waals surface area contributed by atoms with Crippen LogP contribution in [0.25, 0.3) is 77.6 Å². The first-order valence-corrected chi connectivity index (χ1v) is 20.1. The quantitative estimate of drug-likeness (QED) is 0.162. The third-order valence-corrected chi connectivity index (χ3v) is 11.8. The predicted octanol–water partition coefficient (Wildman–Crippen LogP) is 15.6. The van der Waals surface area contributed by atoms with Crippen LogP contribution in [0.1, 0.15) is 16.7 Å². The fraction of sp³-hybridized carbons (Fsp3) is 0.0357. The molecule has 1 aromatic heterocycles. The summed E-state index contributed by atoms with van der Waals surface area (Å²) in [4.78, 5) is 2.62. The molecule has 9 aromatic carbocycles. The summed E-state index contributed by atoms with van der Waals surface area (Å²) in [7, 11) is 0. The maximum absolute atomic E-state index is 6.50. The largest absolute Gasteiger partial charge is 0.456 e. The van der Waals surface area contributed by atoms with Crippen LogP contribution in [0.3, 0.4) is 0 Å². The lowest BCUT2D eigenvalue weighted by Crippen LogP contribution is -2.17. The zero-order chi connectivity index (χ0) is 38.6. The number of rotatable bonds is 7. The highest BCUT2D eigenvalue weighted by molar-refractivity contribution is 6.15. The van der Waals surface area contributed by atoms with Crippen molar-refractivity contribution >= 4 is 39.0 Å². The summed E-state index contributed by atoms with van der Waals surface area (Å²) in [5.74, 6) is 0. The van der Waals surface area contributed by atoms with Crippen molar-refractivity contribution in [3.05, 3.63) is 223 Å². The molecule has 0 bridgehead atoms. The predicted molar refractivity (Wildman–Crippen MR) is 243 cm³/mol. The number of furan rings is 1. The van der Waals surface area contributed by atoms with Crippen LogP contribution in [0.15, 0.2) is 211 Å². The highest BCUT2D eigenvalue weighted by atomic mass is 16.3. The Morgan fingerprint density at radius 2 is 0.983 bits per heavy atom. The number of hydrogen-bond donors (Lipinski definition) is 0. The van der Waals surface area contributed by atoms with Crippen molar-refractivity contribution < 1.29 is 4.42 Å². The fourth-order valence-corrected chi connectivity index (χ4v) is 9.30. The topological polar surface area (TPSA) is 16.4 Å². The first kappa shape index (κ1) is 33.9. The molecule has 0 aliphatic heterocycles. The van der Waals surface area contributed by atoms with Gasteiger partial charge in [0.05, 0.1) is 17.1 Å². The molecule has 0 fully saturated rings. The lowest BCUT2D eigenvalue weighted by Gasteiger charge is -2.35. The van der Waals surface area contributed by atoms with Crippen molar-refractivity contribution in [3.63, 3.8) is 0 Å². The van der Waals surface area contributed by atoms with Gasteiger partial charge < -0.3 is 9.32 Å². The summed E-state index contributed by atoms with van der Waals surface area (Å²) in [5.41, 5.74) is 21.1. The third kappa shape index (κ3) is 5.49. The van der Waals surface area contributed by atoms with E-state index >= 15 is 0 Å². The Morgan fingerprint density at radius 3 is 1.76 bits per heavy atom. The van der Waals surface area contributed by atoms with Crippen molar-refractivity contribution in [2.45, 2.75) is 13.3 Å². The average Bonchev–Trinajstić information content (AvgIpc) is 3.86. The molecule has 274 valence electrons. The Morgan fingerprint density at radius 1 is 0.414 bits per heavy atom. The molecule has 11 rings (SSSR count). The lowest BCUT2D eigenvalue weighted by atomic mass is 9.86. The zero-order valence-electron chi connectivity index (χ0n) is 32.2. The molecule has 1 aliphatic carbocycles. The Balaban J connectivity index is 1.33. The van der Waals surface area contributed by atoms with E-state index in [0.717, 1.165) is 50.9 Å². The molecule has 0 N–H and O–H groups in total. The smallest absolute Gasteiger partial charge is 0.136 e. The second-order valence-corrected chi connectivity index (χ2v) is 15.2. The number of fused-ring (bicyclic) bond motifs is 6. The van der Waals surface area contributed by atoms with Crippen molar-refractivity contribution in [3.8, 4) is 55.6 Å². The monoisotopic (exact) mass is 741 g/mol. The Bertz CT molecular complexity index is 3140. The summed E-state index contributed by atoms with van der Waals surface area (Å²) in [6.45, 7) is 2.26.